The number of likely N-dealkylation sites (tertiary alicyclic amines) is 1. The molecule has 1 atom stereocenters. The van der Waals surface area contributed by atoms with Gasteiger partial charge >= 0.3 is 0 Å². The number of amides is 1. The number of hydrogen-bond donors (Lipinski definition) is 1. The molecule has 1 amide bonds. The highest BCUT2D eigenvalue weighted by molar-refractivity contribution is 5.78. The van der Waals surface area contributed by atoms with Crippen molar-refractivity contribution >= 4 is 11.6 Å². The molecular weight excluding hydrogens is 302 g/mol. The van der Waals surface area contributed by atoms with E-state index in [4.69, 9.17) is 0 Å². The maximum absolute atomic E-state index is 12.6. The third kappa shape index (κ3) is 4.08. The highest BCUT2D eigenvalue weighted by Crippen LogP contribution is 2.19. The average molecular weight is 331 g/mol. The van der Waals surface area contributed by atoms with E-state index in [9.17, 15) is 9.90 Å². The van der Waals surface area contributed by atoms with Crippen LogP contribution in [0.1, 0.15) is 24.8 Å². The van der Waals surface area contributed by atoms with Crippen LogP contribution in [0.25, 0.3) is 0 Å². The van der Waals surface area contributed by atoms with Crippen LogP contribution >= 0.6 is 0 Å². The zero-order valence-corrected chi connectivity index (χ0v) is 14.7. The topological polar surface area (TPSA) is 47.0 Å². The number of benzene rings is 1. The lowest BCUT2D eigenvalue weighted by atomic mass is 10.0. The summed E-state index contributed by atoms with van der Waals surface area (Å²) in [5.74, 6) is 0.208. The van der Waals surface area contributed by atoms with E-state index in [0.29, 0.717) is 6.54 Å². The molecule has 5 heteroatoms. The van der Waals surface area contributed by atoms with E-state index >= 15 is 0 Å². The Morgan fingerprint density at radius 3 is 2.67 bits per heavy atom. The van der Waals surface area contributed by atoms with Gasteiger partial charge in [0.25, 0.3) is 0 Å². The molecule has 2 aliphatic rings. The molecule has 2 fully saturated rings. The molecule has 132 valence electrons. The molecule has 0 unspecified atom stereocenters. The number of piperazine rings is 1. The van der Waals surface area contributed by atoms with Crippen molar-refractivity contribution in [2.45, 2.75) is 32.2 Å². The summed E-state index contributed by atoms with van der Waals surface area (Å²) in [6.45, 7) is 7.00. The second-order valence-corrected chi connectivity index (χ2v) is 7.01. The first-order valence-corrected chi connectivity index (χ1v) is 9.11. The molecule has 3 rings (SSSR count). The molecule has 2 aliphatic heterocycles. The van der Waals surface area contributed by atoms with E-state index in [2.05, 4.69) is 41.0 Å². The first-order valence-electron chi connectivity index (χ1n) is 9.11. The SMILES string of the molecule is Cc1cccc(N2CCN(C(=O)CN3CCCC[C@@H]3CO)CC2)c1. The fourth-order valence-electron chi connectivity index (χ4n) is 3.79. The van der Waals surface area contributed by atoms with Gasteiger partial charge in [-0.2, -0.15) is 0 Å². The lowest BCUT2D eigenvalue weighted by molar-refractivity contribution is -0.133. The van der Waals surface area contributed by atoms with Crippen molar-refractivity contribution in [3.05, 3.63) is 29.8 Å². The molecule has 1 N–H and O–H groups in total. The molecule has 0 bridgehead atoms. The van der Waals surface area contributed by atoms with Gasteiger partial charge in [0.2, 0.25) is 5.91 Å². The van der Waals surface area contributed by atoms with Crippen molar-refractivity contribution in [2.75, 3.05) is 50.8 Å². The Morgan fingerprint density at radius 1 is 1.17 bits per heavy atom. The lowest BCUT2D eigenvalue weighted by Crippen LogP contribution is -2.53. The summed E-state index contributed by atoms with van der Waals surface area (Å²) in [5.41, 5.74) is 2.52. The van der Waals surface area contributed by atoms with Gasteiger partial charge in [0.05, 0.1) is 13.2 Å². The summed E-state index contributed by atoms with van der Waals surface area (Å²) in [7, 11) is 0. The third-order valence-corrected chi connectivity index (χ3v) is 5.30. The molecule has 5 nitrogen and oxygen atoms in total. The molecule has 0 spiro atoms. The summed E-state index contributed by atoms with van der Waals surface area (Å²) in [5, 5.41) is 9.49. The van der Waals surface area contributed by atoms with Gasteiger partial charge in [-0.15, -0.1) is 0 Å². The van der Waals surface area contributed by atoms with Crippen molar-refractivity contribution < 1.29 is 9.90 Å². The van der Waals surface area contributed by atoms with Gasteiger partial charge in [-0.3, -0.25) is 9.69 Å². The average Bonchev–Trinajstić information content (AvgIpc) is 2.62. The largest absolute Gasteiger partial charge is 0.395 e. The Kier molecular flexibility index (Phi) is 5.74. The first kappa shape index (κ1) is 17.2. The minimum atomic E-state index is 0.161. The molecule has 0 radical (unpaired) electrons. The van der Waals surface area contributed by atoms with Crippen LogP contribution in [-0.2, 0) is 4.79 Å². The Labute approximate surface area is 144 Å². The maximum atomic E-state index is 12.6. The monoisotopic (exact) mass is 331 g/mol. The predicted octanol–water partition coefficient (Wildman–Crippen LogP) is 1.49. The summed E-state index contributed by atoms with van der Waals surface area (Å²) < 4.78 is 0. The fraction of sp³-hybridized carbons (Fsp3) is 0.632. The molecule has 0 saturated carbocycles. The van der Waals surface area contributed by atoms with Gasteiger partial charge in [0.1, 0.15) is 0 Å². The molecule has 2 heterocycles. The molecule has 1 aromatic carbocycles. The molecule has 2 saturated heterocycles. The number of rotatable bonds is 4. The molecule has 24 heavy (non-hydrogen) atoms. The highest BCUT2D eigenvalue weighted by atomic mass is 16.3. The Bertz CT molecular complexity index is 555. The van der Waals surface area contributed by atoms with Gasteiger partial charge < -0.3 is 14.9 Å². The number of hydrogen-bond acceptors (Lipinski definition) is 4. The van der Waals surface area contributed by atoms with Crippen LogP contribution in [0.5, 0.6) is 0 Å². The lowest BCUT2D eigenvalue weighted by Gasteiger charge is -2.39. The number of nitrogens with zero attached hydrogens (tertiary/aromatic N) is 3. The smallest absolute Gasteiger partial charge is 0.236 e. The normalized spacial score (nSPS) is 22.7. The van der Waals surface area contributed by atoms with Crippen LogP contribution in [-0.4, -0.2) is 72.7 Å². The standard InChI is InChI=1S/C19H29N3O2/c1-16-5-4-7-17(13-16)20-9-11-21(12-10-20)19(24)14-22-8-3-2-6-18(22)15-23/h4-5,7,13,18,23H,2-3,6,8-12,14-15H2,1H3/t18-/m1/s1. The van der Waals surface area contributed by atoms with Crippen LogP contribution in [0.2, 0.25) is 0 Å². The maximum Gasteiger partial charge on any atom is 0.236 e. The quantitative estimate of drug-likeness (QED) is 0.908. The van der Waals surface area contributed by atoms with E-state index in [1.165, 1.54) is 11.3 Å². The number of piperidine rings is 1. The van der Waals surface area contributed by atoms with Crippen molar-refractivity contribution in [1.29, 1.82) is 0 Å². The number of aryl methyl sites for hydroxylation is 1. The van der Waals surface area contributed by atoms with Crippen LogP contribution in [0, 0.1) is 6.92 Å². The van der Waals surface area contributed by atoms with Crippen LogP contribution < -0.4 is 4.90 Å². The number of carbonyl (C=O) groups is 1. The highest BCUT2D eigenvalue weighted by Gasteiger charge is 2.27. The second kappa shape index (κ2) is 7.99. The number of aliphatic hydroxyl groups is 1. The van der Waals surface area contributed by atoms with E-state index in [1.807, 2.05) is 4.90 Å². The fourth-order valence-corrected chi connectivity index (χ4v) is 3.79. The van der Waals surface area contributed by atoms with Crippen molar-refractivity contribution in [3.63, 3.8) is 0 Å². The number of carbonyl (C=O) groups excluding carboxylic acids is 1. The summed E-state index contributed by atoms with van der Waals surface area (Å²) >= 11 is 0. The van der Waals surface area contributed by atoms with Gasteiger partial charge in [-0.25, -0.2) is 0 Å². The Balaban J connectivity index is 1.51. The van der Waals surface area contributed by atoms with Crippen LogP contribution in [0.15, 0.2) is 24.3 Å². The van der Waals surface area contributed by atoms with Crippen LogP contribution in [0.4, 0.5) is 5.69 Å². The van der Waals surface area contributed by atoms with Gasteiger partial charge in [0.15, 0.2) is 0 Å². The first-order chi connectivity index (χ1) is 11.7. The minimum Gasteiger partial charge on any atom is -0.395 e. The van der Waals surface area contributed by atoms with E-state index < -0.39 is 0 Å². The zero-order valence-electron chi connectivity index (χ0n) is 14.7. The molecule has 0 aliphatic carbocycles. The van der Waals surface area contributed by atoms with Crippen molar-refractivity contribution in [1.82, 2.24) is 9.80 Å². The predicted molar refractivity (Wildman–Crippen MR) is 96.3 cm³/mol. The van der Waals surface area contributed by atoms with Gasteiger partial charge in [0, 0.05) is 37.9 Å². The third-order valence-electron chi connectivity index (χ3n) is 5.30. The van der Waals surface area contributed by atoms with E-state index in [0.717, 1.165) is 52.0 Å². The Hall–Kier alpha value is -1.59. The van der Waals surface area contributed by atoms with Gasteiger partial charge in [-0.1, -0.05) is 18.6 Å². The minimum absolute atomic E-state index is 0.161. The summed E-state index contributed by atoms with van der Waals surface area (Å²) in [6, 6.07) is 8.71. The Morgan fingerprint density at radius 2 is 1.96 bits per heavy atom. The molecule has 0 aromatic heterocycles. The van der Waals surface area contributed by atoms with Crippen molar-refractivity contribution in [2.24, 2.45) is 0 Å². The number of anilines is 1. The summed E-state index contributed by atoms with van der Waals surface area (Å²) in [6.07, 6.45) is 3.29. The molecular formula is C19H29N3O2. The van der Waals surface area contributed by atoms with E-state index in [1.54, 1.807) is 0 Å². The second-order valence-electron chi connectivity index (χ2n) is 7.01. The van der Waals surface area contributed by atoms with Crippen molar-refractivity contribution in [3.8, 4) is 0 Å². The van der Waals surface area contributed by atoms with E-state index in [-0.39, 0.29) is 18.6 Å². The van der Waals surface area contributed by atoms with Crippen LogP contribution in [0.3, 0.4) is 0 Å². The summed E-state index contributed by atoms with van der Waals surface area (Å²) in [4.78, 5) is 19.1. The zero-order chi connectivity index (χ0) is 16.9. The van der Waals surface area contributed by atoms with Gasteiger partial charge in [-0.05, 0) is 44.0 Å². The number of aliphatic hydroxyl groups excluding tert-OH is 1. The molecule has 1 aromatic rings.